The highest BCUT2D eigenvalue weighted by molar-refractivity contribution is 9.10. The smallest absolute Gasteiger partial charge is 0.341 e. The molecule has 3 rings (SSSR count). The Morgan fingerprint density at radius 1 is 1.21 bits per heavy atom. The van der Waals surface area contributed by atoms with Crippen molar-refractivity contribution in [2.24, 2.45) is 4.99 Å². The fraction of sp³-hybridized carbons (Fsp3) is 0.320. The van der Waals surface area contributed by atoms with Crippen molar-refractivity contribution in [3.05, 3.63) is 56.9 Å². The first-order valence-electron chi connectivity index (χ1n) is 11.0. The van der Waals surface area contributed by atoms with E-state index in [1.54, 1.807) is 23.1 Å². The Balaban J connectivity index is 1.95. The van der Waals surface area contributed by atoms with Crippen LogP contribution in [0, 0.1) is 6.92 Å². The van der Waals surface area contributed by atoms with Gasteiger partial charge >= 0.3 is 5.97 Å². The molecule has 1 aliphatic heterocycles. The standard InChI is InChI=1S/C25H27BrN2O5S/c1-4-6-11-28-24(31)21(34-25(28)27-18-9-7-16(3)8-10-18)14-17-12-19(26)23(33-15-22(29)30)20(13-17)32-5-2/h7-10,12-14H,4-6,11,15H2,1-3H3,(H,29,30)/b21-14+,27-25?. The van der Waals surface area contributed by atoms with Gasteiger partial charge in [0, 0.05) is 6.54 Å². The van der Waals surface area contributed by atoms with E-state index in [9.17, 15) is 9.59 Å². The maximum absolute atomic E-state index is 13.2. The highest BCUT2D eigenvalue weighted by atomic mass is 79.9. The number of rotatable bonds is 10. The van der Waals surface area contributed by atoms with E-state index in [0.29, 0.717) is 39.2 Å². The number of amides is 1. The summed E-state index contributed by atoms with van der Waals surface area (Å²) in [6, 6.07) is 11.4. The fourth-order valence-electron chi connectivity index (χ4n) is 3.19. The Morgan fingerprint density at radius 3 is 2.59 bits per heavy atom. The number of carboxylic acids is 1. The molecule has 0 spiro atoms. The lowest BCUT2D eigenvalue weighted by Crippen LogP contribution is -2.30. The van der Waals surface area contributed by atoms with Gasteiger partial charge in [-0.25, -0.2) is 9.79 Å². The molecule has 0 bridgehead atoms. The molecule has 2 aromatic carbocycles. The van der Waals surface area contributed by atoms with Gasteiger partial charge in [0.1, 0.15) is 0 Å². The normalized spacial score (nSPS) is 15.9. The fourth-order valence-corrected chi connectivity index (χ4v) is 4.79. The number of carbonyl (C=O) groups excluding carboxylic acids is 1. The van der Waals surface area contributed by atoms with Gasteiger partial charge in [-0.05, 0) is 83.9 Å². The van der Waals surface area contributed by atoms with Crippen molar-refractivity contribution in [2.75, 3.05) is 19.8 Å². The van der Waals surface area contributed by atoms with Gasteiger partial charge in [0.15, 0.2) is 23.3 Å². The molecule has 1 amide bonds. The Labute approximate surface area is 212 Å². The topological polar surface area (TPSA) is 88.4 Å². The third kappa shape index (κ3) is 6.64. The molecule has 7 nitrogen and oxygen atoms in total. The van der Waals surface area contributed by atoms with Crippen molar-refractivity contribution >= 4 is 56.5 Å². The van der Waals surface area contributed by atoms with Crippen molar-refractivity contribution in [2.45, 2.75) is 33.6 Å². The zero-order valence-electron chi connectivity index (χ0n) is 19.3. The number of unbranched alkanes of at least 4 members (excludes halogenated alkanes) is 1. The van der Waals surface area contributed by atoms with E-state index < -0.39 is 12.6 Å². The minimum Gasteiger partial charge on any atom is -0.490 e. The number of hydrogen-bond acceptors (Lipinski definition) is 6. The number of benzene rings is 2. The lowest BCUT2D eigenvalue weighted by atomic mass is 10.1. The van der Waals surface area contributed by atoms with Gasteiger partial charge in [-0.1, -0.05) is 31.0 Å². The highest BCUT2D eigenvalue weighted by Gasteiger charge is 2.33. The molecule has 1 aliphatic rings. The molecular weight excluding hydrogens is 520 g/mol. The van der Waals surface area contributed by atoms with Crippen LogP contribution >= 0.6 is 27.7 Å². The van der Waals surface area contributed by atoms with Crippen LogP contribution in [0.2, 0.25) is 0 Å². The number of amidine groups is 1. The van der Waals surface area contributed by atoms with Crippen LogP contribution in [-0.4, -0.2) is 46.8 Å². The predicted molar refractivity (Wildman–Crippen MR) is 139 cm³/mol. The number of nitrogens with zero attached hydrogens (tertiary/aromatic N) is 2. The van der Waals surface area contributed by atoms with Crippen molar-refractivity contribution < 1.29 is 24.2 Å². The number of halogens is 1. The number of carboxylic acid groups (broad SMARTS) is 1. The van der Waals surface area contributed by atoms with Crippen LogP contribution in [0.15, 0.2) is 50.8 Å². The van der Waals surface area contributed by atoms with Gasteiger partial charge < -0.3 is 14.6 Å². The number of ether oxygens (including phenoxy) is 2. The molecule has 34 heavy (non-hydrogen) atoms. The second-order valence-electron chi connectivity index (χ2n) is 7.60. The molecule has 1 fully saturated rings. The number of thioether (sulfide) groups is 1. The SMILES string of the molecule is CCCCN1C(=O)/C(=C\c2cc(Br)c(OCC(=O)O)c(OCC)c2)SC1=Nc1ccc(C)cc1. The van der Waals surface area contributed by atoms with E-state index in [0.717, 1.165) is 29.7 Å². The van der Waals surface area contributed by atoms with E-state index in [4.69, 9.17) is 19.6 Å². The van der Waals surface area contributed by atoms with Crippen LogP contribution in [0.5, 0.6) is 11.5 Å². The average Bonchev–Trinajstić information content (AvgIpc) is 3.07. The van der Waals surface area contributed by atoms with Crippen molar-refractivity contribution in [3.8, 4) is 11.5 Å². The number of aliphatic carboxylic acids is 1. The maximum atomic E-state index is 13.2. The minimum absolute atomic E-state index is 0.0930. The van der Waals surface area contributed by atoms with Crippen molar-refractivity contribution in [1.82, 2.24) is 4.90 Å². The summed E-state index contributed by atoms with van der Waals surface area (Å²) in [6.45, 7) is 6.42. The van der Waals surface area contributed by atoms with E-state index in [-0.39, 0.29) is 5.91 Å². The zero-order chi connectivity index (χ0) is 24.7. The molecule has 2 aromatic rings. The summed E-state index contributed by atoms with van der Waals surface area (Å²) in [5, 5.41) is 9.60. The van der Waals surface area contributed by atoms with Crippen LogP contribution in [0.3, 0.4) is 0 Å². The summed E-state index contributed by atoms with van der Waals surface area (Å²) >= 11 is 4.77. The van der Waals surface area contributed by atoms with Crippen LogP contribution in [-0.2, 0) is 9.59 Å². The monoisotopic (exact) mass is 546 g/mol. The van der Waals surface area contributed by atoms with Crippen LogP contribution in [0.4, 0.5) is 5.69 Å². The minimum atomic E-state index is -1.08. The molecule has 0 radical (unpaired) electrons. The first-order valence-corrected chi connectivity index (χ1v) is 12.6. The third-order valence-corrected chi connectivity index (χ3v) is 6.45. The summed E-state index contributed by atoms with van der Waals surface area (Å²) in [5.41, 5.74) is 2.67. The van der Waals surface area contributed by atoms with Crippen LogP contribution in [0.25, 0.3) is 6.08 Å². The molecule has 0 aromatic heterocycles. The Hall–Kier alpha value is -2.78. The summed E-state index contributed by atoms with van der Waals surface area (Å²) in [4.78, 5) is 31.2. The Bertz CT molecular complexity index is 1120. The number of aryl methyl sites for hydroxylation is 1. The first kappa shape index (κ1) is 25.8. The second kappa shape index (κ2) is 12.1. The number of aliphatic imine (C=N–C) groups is 1. The molecular formula is C25H27BrN2O5S. The molecule has 0 atom stereocenters. The molecule has 0 aliphatic carbocycles. The number of carbonyl (C=O) groups is 2. The van der Waals surface area contributed by atoms with Gasteiger partial charge in [-0.3, -0.25) is 9.69 Å². The second-order valence-corrected chi connectivity index (χ2v) is 9.46. The average molecular weight is 547 g/mol. The Morgan fingerprint density at radius 2 is 1.94 bits per heavy atom. The quantitative estimate of drug-likeness (QED) is 0.366. The van der Waals surface area contributed by atoms with Crippen LogP contribution in [0.1, 0.15) is 37.8 Å². The summed E-state index contributed by atoms with van der Waals surface area (Å²) in [5.74, 6) is -0.467. The van der Waals surface area contributed by atoms with E-state index in [2.05, 4.69) is 22.9 Å². The molecule has 1 N–H and O–H groups in total. The maximum Gasteiger partial charge on any atom is 0.341 e. The van der Waals surface area contributed by atoms with Gasteiger partial charge in [0.25, 0.3) is 5.91 Å². The van der Waals surface area contributed by atoms with E-state index in [1.165, 1.54) is 11.8 Å². The summed E-state index contributed by atoms with van der Waals surface area (Å²) in [6.07, 6.45) is 3.63. The largest absolute Gasteiger partial charge is 0.490 e. The predicted octanol–water partition coefficient (Wildman–Crippen LogP) is 6.02. The van der Waals surface area contributed by atoms with Crippen molar-refractivity contribution in [3.63, 3.8) is 0 Å². The molecule has 1 saturated heterocycles. The summed E-state index contributed by atoms with van der Waals surface area (Å²) in [7, 11) is 0. The van der Waals surface area contributed by atoms with Gasteiger partial charge in [0.05, 0.1) is 21.7 Å². The Kier molecular flexibility index (Phi) is 9.18. The van der Waals surface area contributed by atoms with Crippen LogP contribution < -0.4 is 9.47 Å². The van der Waals surface area contributed by atoms with Gasteiger partial charge in [-0.2, -0.15) is 0 Å². The lowest BCUT2D eigenvalue weighted by molar-refractivity contribution is -0.139. The van der Waals surface area contributed by atoms with E-state index in [1.807, 2.05) is 38.1 Å². The first-order chi connectivity index (χ1) is 16.3. The lowest BCUT2D eigenvalue weighted by Gasteiger charge is -2.15. The highest BCUT2D eigenvalue weighted by Crippen LogP contribution is 2.40. The third-order valence-electron chi connectivity index (χ3n) is 4.85. The molecule has 0 unspecified atom stereocenters. The van der Waals surface area contributed by atoms with Gasteiger partial charge in [0.2, 0.25) is 0 Å². The van der Waals surface area contributed by atoms with Gasteiger partial charge in [-0.15, -0.1) is 0 Å². The molecule has 180 valence electrons. The molecule has 9 heteroatoms. The molecule has 0 saturated carbocycles. The zero-order valence-corrected chi connectivity index (χ0v) is 21.7. The van der Waals surface area contributed by atoms with E-state index >= 15 is 0 Å². The number of hydrogen-bond donors (Lipinski definition) is 1. The summed E-state index contributed by atoms with van der Waals surface area (Å²) < 4.78 is 11.6. The molecule has 1 heterocycles. The van der Waals surface area contributed by atoms with Crippen molar-refractivity contribution in [1.29, 1.82) is 0 Å².